The molecule has 21 heavy (non-hydrogen) atoms. The zero-order valence-electron chi connectivity index (χ0n) is 13.0. The van der Waals surface area contributed by atoms with E-state index in [1.54, 1.807) is 19.0 Å². The molecule has 0 unspecified atom stereocenters. The minimum Gasteiger partial charge on any atom is -0.381 e. The van der Waals surface area contributed by atoms with Crippen LogP contribution in [0, 0.1) is 0 Å². The smallest absolute Gasteiger partial charge is 0.248 e. The van der Waals surface area contributed by atoms with Gasteiger partial charge in [-0.25, -0.2) is 0 Å². The van der Waals surface area contributed by atoms with E-state index in [9.17, 15) is 4.79 Å². The predicted octanol–water partition coefficient (Wildman–Crippen LogP) is 0.830. The van der Waals surface area contributed by atoms with Crippen molar-refractivity contribution in [1.82, 2.24) is 9.80 Å². The summed E-state index contributed by atoms with van der Waals surface area (Å²) in [5.41, 5.74) is 0. The third kappa shape index (κ3) is 3.55. The van der Waals surface area contributed by atoms with Gasteiger partial charge in [-0.3, -0.25) is 9.69 Å². The van der Waals surface area contributed by atoms with Crippen LogP contribution in [-0.2, 0) is 14.3 Å². The van der Waals surface area contributed by atoms with Gasteiger partial charge in [0.25, 0.3) is 0 Å². The molecule has 0 aromatic carbocycles. The first-order chi connectivity index (χ1) is 10.1. The Bertz CT molecular complexity index is 379. The van der Waals surface area contributed by atoms with Crippen molar-refractivity contribution in [1.29, 1.82) is 0 Å². The maximum atomic E-state index is 11.6. The van der Waals surface area contributed by atoms with Crippen LogP contribution in [0.1, 0.15) is 19.3 Å². The van der Waals surface area contributed by atoms with Crippen LogP contribution in [0.4, 0.5) is 0 Å². The van der Waals surface area contributed by atoms with Crippen molar-refractivity contribution in [3.8, 4) is 0 Å². The van der Waals surface area contributed by atoms with E-state index in [-0.39, 0.29) is 18.6 Å². The average Bonchev–Trinajstić information content (AvgIpc) is 2.88. The molecule has 3 aliphatic heterocycles. The number of hydrogen-bond donors (Lipinski definition) is 0. The van der Waals surface area contributed by atoms with Gasteiger partial charge in [-0.15, -0.1) is 11.8 Å². The normalized spacial score (nSPS) is 29.5. The molecule has 120 valence electrons. The first-order valence-corrected chi connectivity index (χ1v) is 8.84. The fourth-order valence-electron chi connectivity index (χ4n) is 3.45. The number of likely N-dealkylation sites (tertiary alicyclic amines) is 1. The molecular formula is C15H26N2O3S. The number of nitrogens with zero attached hydrogens (tertiary/aromatic N) is 2. The van der Waals surface area contributed by atoms with Gasteiger partial charge in [0, 0.05) is 56.9 Å². The molecule has 1 amide bonds. The Hall–Kier alpha value is -0.300. The molecule has 0 bridgehead atoms. The van der Waals surface area contributed by atoms with Gasteiger partial charge in [0.1, 0.15) is 6.61 Å². The highest BCUT2D eigenvalue weighted by atomic mass is 32.2. The van der Waals surface area contributed by atoms with Crippen LogP contribution >= 0.6 is 11.8 Å². The Morgan fingerprint density at radius 1 is 1.38 bits per heavy atom. The van der Waals surface area contributed by atoms with Crippen molar-refractivity contribution < 1.29 is 14.3 Å². The van der Waals surface area contributed by atoms with Crippen LogP contribution in [0.2, 0.25) is 0 Å². The Balaban J connectivity index is 1.40. The van der Waals surface area contributed by atoms with E-state index in [1.807, 2.05) is 11.8 Å². The number of carbonyl (C=O) groups excluding carboxylic acids is 1. The first kappa shape index (κ1) is 15.6. The Morgan fingerprint density at radius 2 is 2.10 bits per heavy atom. The van der Waals surface area contributed by atoms with E-state index in [0.717, 1.165) is 31.4 Å². The van der Waals surface area contributed by atoms with Gasteiger partial charge in [-0.05, 0) is 19.3 Å². The third-order valence-corrected chi connectivity index (χ3v) is 6.38. The quantitative estimate of drug-likeness (QED) is 0.769. The molecular weight excluding hydrogens is 288 g/mol. The monoisotopic (exact) mass is 314 g/mol. The first-order valence-electron chi connectivity index (χ1n) is 7.85. The van der Waals surface area contributed by atoms with Crippen LogP contribution in [-0.4, -0.2) is 85.4 Å². The highest BCUT2D eigenvalue weighted by Gasteiger charge is 2.51. The van der Waals surface area contributed by atoms with Crippen LogP contribution in [0.25, 0.3) is 0 Å². The van der Waals surface area contributed by atoms with Crippen molar-refractivity contribution in [2.45, 2.75) is 36.2 Å². The standard InChI is InChI=1S/C15H26N2O3S/c1-16(2)14(18)8-20-13-7-15(21-9-13)10-17(11-15)12-3-5-19-6-4-12/h12-13H,3-11H2,1-2H3/t13-/m1/s1. The second-order valence-corrected chi connectivity index (χ2v) is 8.16. The molecule has 6 heteroatoms. The van der Waals surface area contributed by atoms with Crippen LogP contribution < -0.4 is 0 Å². The van der Waals surface area contributed by atoms with Crippen molar-refractivity contribution in [3.05, 3.63) is 0 Å². The fourth-order valence-corrected chi connectivity index (χ4v) is 5.02. The molecule has 0 aliphatic carbocycles. The van der Waals surface area contributed by atoms with Gasteiger partial charge in [0.15, 0.2) is 0 Å². The summed E-state index contributed by atoms with van der Waals surface area (Å²) >= 11 is 2.04. The van der Waals surface area contributed by atoms with Gasteiger partial charge < -0.3 is 14.4 Å². The molecule has 1 atom stereocenters. The van der Waals surface area contributed by atoms with E-state index in [2.05, 4.69) is 4.90 Å². The van der Waals surface area contributed by atoms with Crippen molar-refractivity contribution >= 4 is 17.7 Å². The van der Waals surface area contributed by atoms with Crippen molar-refractivity contribution in [2.24, 2.45) is 0 Å². The van der Waals surface area contributed by atoms with Gasteiger partial charge in [0.2, 0.25) is 5.91 Å². The van der Waals surface area contributed by atoms with Gasteiger partial charge >= 0.3 is 0 Å². The maximum Gasteiger partial charge on any atom is 0.248 e. The summed E-state index contributed by atoms with van der Waals surface area (Å²) in [5.74, 6) is 1.08. The van der Waals surface area contributed by atoms with Crippen molar-refractivity contribution in [2.75, 3.05) is 52.8 Å². The van der Waals surface area contributed by atoms with Gasteiger partial charge in [-0.2, -0.15) is 0 Å². The van der Waals surface area contributed by atoms with E-state index in [0.29, 0.717) is 4.75 Å². The van der Waals surface area contributed by atoms with Crippen molar-refractivity contribution in [3.63, 3.8) is 0 Å². The Morgan fingerprint density at radius 3 is 2.76 bits per heavy atom. The molecule has 0 saturated carbocycles. The second kappa shape index (κ2) is 6.44. The fraction of sp³-hybridized carbons (Fsp3) is 0.933. The lowest BCUT2D eigenvalue weighted by atomic mass is 9.89. The lowest BCUT2D eigenvalue weighted by Gasteiger charge is -2.52. The van der Waals surface area contributed by atoms with E-state index >= 15 is 0 Å². The molecule has 0 N–H and O–H groups in total. The summed E-state index contributed by atoms with van der Waals surface area (Å²) in [7, 11) is 3.54. The lowest BCUT2D eigenvalue weighted by Crippen LogP contribution is -2.62. The molecule has 3 heterocycles. The van der Waals surface area contributed by atoms with Gasteiger partial charge in [-0.1, -0.05) is 0 Å². The van der Waals surface area contributed by atoms with Crippen LogP contribution in [0.3, 0.4) is 0 Å². The molecule has 5 nitrogen and oxygen atoms in total. The molecule has 3 rings (SSSR count). The predicted molar refractivity (Wildman–Crippen MR) is 83.7 cm³/mol. The highest BCUT2D eigenvalue weighted by Crippen LogP contribution is 2.47. The summed E-state index contributed by atoms with van der Waals surface area (Å²) in [5, 5.41) is 0. The zero-order chi connectivity index (χ0) is 14.9. The molecule has 0 radical (unpaired) electrons. The lowest BCUT2D eigenvalue weighted by molar-refractivity contribution is -0.135. The SMILES string of the molecule is CN(C)C(=O)CO[C@H]1CSC2(C1)CN(C1CCOCC1)C2. The molecule has 1 spiro atoms. The minimum atomic E-state index is 0.0541. The number of likely N-dealkylation sites (N-methyl/N-ethyl adjacent to an activating group) is 1. The van der Waals surface area contributed by atoms with E-state index < -0.39 is 0 Å². The second-order valence-electron chi connectivity index (χ2n) is 6.67. The number of ether oxygens (including phenoxy) is 2. The van der Waals surface area contributed by atoms with Gasteiger partial charge in [0.05, 0.1) is 6.10 Å². The molecule has 3 saturated heterocycles. The Labute approximate surface area is 131 Å². The van der Waals surface area contributed by atoms with Crippen LogP contribution in [0.5, 0.6) is 0 Å². The summed E-state index contributed by atoms with van der Waals surface area (Å²) < 4.78 is 11.6. The third-order valence-electron chi connectivity index (χ3n) is 4.81. The van der Waals surface area contributed by atoms with Crippen LogP contribution in [0.15, 0.2) is 0 Å². The minimum absolute atomic E-state index is 0.0541. The summed E-state index contributed by atoms with van der Waals surface area (Å²) in [6.45, 7) is 4.42. The topological polar surface area (TPSA) is 42.0 Å². The number of amides is 1. The highest BCUT2D eigenvalue weighted by molar-refractivity contribution is 8.01. The number of rotatable bonds is 4. The van der Waals surface area contributed by atoms with E-state index in [4.69, 9.17) is 9.47 Å². The molecule has 3 fully saturated rings. The van der Waals surface area contributed by atoms with E-state index in [1.165, 1.54) is 25.9 Å². The Kier molecular flexibility index (Phi) is 4.78. The number of hydrogen-bond acceptors (Lipinski definition) is 5. The number of carbonyl (C=O) groups is 1. The molecule has 3 aliphatic rings. The number of thioether (sulfide) groups is 1. The largest absolute Gasteiger partial charge is 0.381 e. The zero-order valence-corrected chi connectivity index (χ0v) is 13.9. The summed E-state index contributed by atoms with van der Waals surface area (Å²) in [6, 6.07) is 0.722. The molecule has 0 aromatic heterocycles. The molecule has 0 aromatic rings. The average molecular weight is 314 g/mol. The summed E-state index contributed by atoms with van der Waals surface area (Å²) in [6.07, 6.45) is 3.70. The summed E-state index contributed by atoms with van der Waals surface area (Å²) in [4.78, 5) is 15.8. The maximum absolute atomic E-state index is 11.6.